The molecule has 34 heavy (non-hydrogen) atoms. The molecule has 0 atom stereocenters. The summed E-state index contributed by atoms with van der Waals surface area (Å²) in [5, 5.41) is 4.93. The number of hydrogen-bond acceptors (Lipinski definition) is 0. The molecule has 164 valence electrons. The number of rotatable bonds is 3. The van der Waals surface area contributed by atoms with Crippen molar-refractivity contribution < 1.29 is 4.58 Å². The smallest absolute Gasteiger partial charge is 0.199 e. The van der Waals surface area contributed by atoms with E-state index in [0.717, 1.165) is 0 Å². The Morgan fingerprint density at radius 1 is 0.618 bits per heavy atom. The van der Waals surface area contributed by atoms with Crippen LogP contribution in [0.5, 0.6) is 0 Å². The van der Waals surface area contributed by atoms with Gasteiger partial charge in [0.1, 0.15) is 14.1 Å². The van der Waals surface area contributed by atoms with Crippen LogP contribution in [0.15, 0.2) is 133 Å². The average molecular weight is 439 g/mol. The highest BCUT2D eigenvalue weighted by atomic mass is 14.9. The highest BCUT2D eigenvalue weighted by Crippen LogP contribution is 2.28. The molecule has 0 spiro atoms. The third-order valence-corrected chi connectivity index (χ3v) is 6.20. The summed E-state index contributed by atoms with van der Waals surface area (Å²) in [6.45, 7) is 0. The normalized spacial score (nSPS) is 12.6. The van der Waals surface area contributed by atoms with E-state index in [9.17, 15) is 0 Å². The minimum Gasteiger partial charge on any atom is -0.235 e. The van der Waals surface area contributed by atoms with Crippen molar-refractivity contribution in [2.24, 2.45) is 0 Å². The van der Waals surface area contributed by atoms with Crippen molar-refractivity contribution in [1.29, 1.82) is 0 Å². The molecule has 1 aliphatic rings. The predicted octanol–water partition coefficient (Wildman–Crippen LogP) is 5.63. The molecule has 1 aliphatic carbocycles. The van der Waals surface area contributed by atoms with E-state index in [0.29, 0.717) is 0 Å². The van der Waals surface area contributed by atoms with Crippen molar-refractivity contribution in [3.05, 3.63) is 155 Å². The lowest BCUT2D eigenvalue weighted by Gasteiger charge is -2.12. The molecule has 4 aromatic rings. The van der Waals surface area contributed by atoms with E-state index >= 15 is 0 Å². The van der Waals surface area contributed by atoms with E-state index in [-0.39, 0.29) is 0 Å². The van der Waals surface area contributed by atoms with Gasteiger partial charge in [-0.2, -0.15) is 0 Å². The monoisotopic (exact) mass is 438 g/mol. The quantitative estimate of drug-likeness (QED) is 0.365. The van der Waals surface area contributed by atoms with Gasteiger partial charge >= 0.3 is 0 Å². The highest BCUT2D eigenvalue weighted by Gasteiger charge is 2.09. The van der Waals surface area contributed by atoms with Crippen molar-refractivity contribution in [3.63, 3.8) is 0 Å². The van der Waals surface area contributed by atoms with Gasteiger partial charge < -0.3 is 0 Å². The zero-order valence-electron chi connectivity index (χ0n) is 19.6. The minimum absolute atomic E-state index is 1.19. The molecule has 5 rings (SSSR count). The summed E-state index contributed by atoms with van der Waals surface area (Å²) in [6, 6.07) is 34.7. The molecule has 0 unspecified atom stereocenters. The first-order valence-electron chi connectivity index (χ1n) is 11.7. The fraction of sp³-hybridized carbons (Fsp3) is 0.0606. The van der Waals surface area contributed by atoms with E-state index in [1.807, 2.05) is 0 Å². The van der Waals surface area contributed by atoms with E-state index < -0.39 is 0 Å². The van der Waals surface area contributed by atoms with Gasteiger partial charge in [-0.25, -0.2) is 4.58 Å². The Balaban J connectivity index is 1.61. The van der Waals surface area contributed by atoms with Crippen LogP contribution in [0.1, 0.15) is 11.1 Å². The Labute approximate surface area is 201 Å². The van der Waals surface area contributed by atoms with Crippen molar-refractivity contribution in [2.45, 2.75) is 0 Å². The Morgan fingerprint density at radius 2 is 1.29 bits per heavy atom. The third-order valence-electron chi connectivity index (χ3n) is 6.20. The van der Waals surface area contributed by atoms with Gasteiger partial charge in [0, 0.05) is 12.2 Å². The lowest BCUT2D eigenvalue weighted by Crippen LogP contribution is -2.12. The van der Waals surface area contributed by atoms with Crippen LogP contribution >= 0.6 is 0 Å². The molecule has 0 saturated carbocycles. The summed E-state index contributed by atoms with van der Waals surface area (Å²) in [4.78, 5) is 0. The number of benzene rings is 4. The van der Waals surface area contributed by atoms with E-state index in [2.05, 4.69) is 152 Å². The van der Waals surface area contributed by atoms with Crippen LogP contribution in [0.25, 0.3) is 22.4 Å². The number of nitrogens with zero attached hydrogens (tertiary/aromatic N) is 1. The SMILES string of the molecule is C[N+](C)=C1C=CC(=CC=c2ccc(=C(c3ccccc3)c3cccc4ccccc34)cc2)C=C1. The zero-order valence-corrected chi connectivity index (χ0v) is 19.6. The summed E-state index contributed by atoms with van der Waals surface area (Å²) >= 11 is 0. The van der Waals surface area contributed by atoms with Crippen LogP contribution in [0, 0.1) is 0 Å². The van der Waals surface area contributed by atoms with Crippen LogP contribution in [-0.2, 0) is 0 Å². The van der Waals surface area contributed by atoms with Crippen LogP contribution in [0.4, 0.5) is 0 Å². The first-order valence-corrected chi connectivity index (χ1v) is 11.7. The molecular formula is C33H28N+. The number of allylic oxidation sites excluding steroid dienone is 6. The van der Waals surface area contributed by atoms with Crippen LogP contribution < -0.4 is 10.4 Å². The Morgan fingerprint density at radius 3 is 2.03 bits per heavy atom. The van der Waals surface area contributed by atoms with Crippen molar-refractivity contribution in [3.8, 4) is 0 Å². The van der Waals surface area contributed by atoms with Gasteiger partial charge in [0.15, 0.2) is 5.71 Å². The predicted molar refractivity (Wildman–Crippen MR) is 146 cm³/mol. The van der Waals surface area contributed by atoms with Crippen molar-refractivity contribution in [2.75, 3.05) is 14.1 Å². The van der Waals surface area contributed by atoms with Gasteiger partial charge in [0.05, 0.1) is 0 Å². The van der Waals surface area contributed by atoms with Crippen LogP contribution in [0.3, 0.4) is 0 Å². The standard InChI is InChI=1S/C33H28N/c1-34(2)30-23-19-26(20-24-30)16-15-25-17-21-29(22-18-25)33(28-10-4-3-5-11-28)32-14-8-12-27-9-6-7-13-31(27)32/h3-24H,1-2H3/q+1. The third kappa shape index (κ3) is 4.60. The maximum atomic E-state index is 2.24. The molecular weight excluding hydrogens is 410 g/mol. The first-order chi connectivity index (χ1) is 16.7. The van der Waals surface area contributed by atoms with Gasteiger partial charge in [-0.1, -0.05) is 109 Å². The molecule has 0 aliphatic heterocycles. The second-order valence-electron chi connectivity index (χ2n) is 8.71. The summed E-state index contributed by atoms with van der Waals surface area (Å²) in [5.74, 6) is 0. The summed E-state index contributed by atoms with van der Waals surface area (Å²) < 4.78 is 2.11. The Hall–Kier alpha value is -4.23. The van der Waals surface area contributed by atoms with E-state index in [4.69, 9.17) is 0 Å². The van der Waals surface area contributed by atoms with Crippen LogP contribution in [-0.4, -0.2) is 24.4 Å². The molecule has 0 N–H and O–H groups in total. The van der Waals surface area contributed by atoms with Crippen molar-refractivity contribution >= 4 is 28.1 Å². The highest BCUT2D eigenvalue weighted by molar-refractivity contribution is 6.02. The van der Waals surface area contributed by atoms with Gasteiger partial charge in [-0.15, -0.1) is 0 Å². The minimum atomic E-state index is 1.19. The summed E-state index contributed by atoms with van der Waals surface area (Å²) in [5.41, 5.74) is 6.14. The lowest BCUT2D eigenvalue weighted by atomic mass is 9.91. The fourth-order valence-electron chi connectivity index (χ4n) is 4.36. The van der Waals surface area contributed by atoms with E-state index in [1.165, 1.54) is 49.2 Å². The molecule has 4 aromatic carbocycles. The molecule has 1 heteroatoms. The number of fused-ring (bicyclic) bond motifs is 1. The Bertz CT molecular complexity index is 1540. The topological polar surface area (TPSA) is 3.01 Å². The molecule has 0 saturated heterocycles. The maximum Gasteiger partial charge on any atom is 0.199 e. The molecule has 0 amide bonds. The second-order valence-corrected chi connectivity index (χ2v) is 8.71. The van der Waals surface area contributed by atoms with Crippen molar-refractivity contribution in [1.82, 2.24) is 0 Å². The largest absolute Gasteiger partial charge is 0.235 e. The maximum absolute atomic E-state index is 2.24. The van der Waals surface area contributed by atoms with Gasteiger partial charge in [0.25, 0.3) is 0 Å². The molecule has 0 radical (unpaired) electrons. The molecule has 1 nitrogen and oxygen atoms in total. The summed E-state index contributed by atoms with van der Waals surface area (Å²) in [7, 11) is 4.12. The zero-order chi connectivity index (χ0) is 23.3. The Kier molecular flexibility index (Phi) is 6.18. The summed E-state index contributed by atoms with van der Waals surface area (Å²) in [6.07, 6.45) is 12.9. The molecule has 0 fully saturated rings. The fourth-order valence-corrected chi connectivity index (χ4v) is 4.36. The van der Waals surface area contributed by atoms with Gasteiger partial charge in [-0.3, -0.25) is 0 Å². The lowest BCUT2D eigenvalue weighted by molar-refractivity contribution is -0.462. The van der Waals surface area contributed by atoms with Gasteiger partial charge in [-0.05, 0) is 55.6 Å². The van der Waals surface area contributed by atoms with Gasteiger partial charge in [0.2, 0.25) is 0 Å². The second kappa shape index (κ2) is 9.72. The average Bonchev–Trinajstić information content (AvgIpc) is 2.89. The first kappa shape index (κ1) is 21.6. The van der Waals surface area contributed by atoms with E-state index in [1.54, 1.807) is 0 Å². The molecule has 0 bridgehead atoms. The molecule has 0 heterocycles. The molecule has 0 aromatic heterocycles. The number of hydrogen-bond donors (Lipinski definition) is 0. The van der Waals surface area contributed by atoms with Crippen LogP contribution in [0.2, 0.25) is 0 Å².